The molecule has 1 heterocycles. The highest BCUT2D eigenvalue weighted by Gasteiger charge is 2.23. The third-order valence-electron chi connectivity index (χ3n) is 3.18. The van der Waals surface area contributed by atoms with Gasteiger partial charge in [-0.2, -0.15) is 0 Å². The molecule has 0 aromatic carbocycles. The standard InChI is InChI=1S/C13H26N2O2/c1-3-9-17-10-7-13(16)15(4-2)12-6-5-8-14-11-12/h12,14H,3-11H2,1-2H3. The van der Waals surface area contributed by atoms with Crippen LogP contribution >= 0.6 is 0 Å². The van der Waals surface area contributed by atoms with Gasteiger partial charge in [-0.05, 0) is 32.7 Å². The van der Waals surface area contributed by atoms with Crippen LogP contribution in [0.15, 0.2) is 0 Å². The molecule has 1 unspecified atom stereocenters. The van der Waals surface area contributed by atoms with Gasteiger partial charge in [-0.25, -0.2) is 0 Å². The Bertz CT molecular complexity index is 215. The second-order valence-corrected chi connectivity index (χ2v) is 4.54. The monoisotopic (exact) mass is 242 g/mol. The van der Waals surface area contributed by atoms with Crippen LogP contribution in [-0.4, -0.2) is 49.7 Å². The molecule has 1 aliphatic heterocycles. The number of likely N-dealkylation sites (N-methyl/N-ethyl adjacent to an activating group) is 1. The van der Waals surface area contributed by atoms with E-state index in [0.29, 0.717) is 19.1 Å². The van der Waals surface area contributed by atoms with E-state index in [2.05, 4.69) is 19.2 Å². The van der Waals surface area contributed by atoms with Gasteiger partial charge in [0.2, 0.25) is 5.91 Å². The van der Waals surface area contributed by atoms with Gasteiger partial charge >= 0.3 is 0 Å². The van der Waals surface area contributed by atoms with E-state index >= 15 is 0 Å². The maximum absolute atomic E-state index is 12.1. The van der Waals surface area contributed by atoms with Gasteiger partial charge in [-0.3, -0.25) is 4.79 Å². The van der Waals surface area contributed by atoms with Crippen molar-refractivity contribution in [1.82, 2.24) is 10.2 Å². The molecule has 4 nitrogen and oxygen atoms in total. The van der Waals surface area contributed by atoms with Gasteiger partial charge in [-0.1, -0.05) is 6.92 Å². The average Bonchev–Trinajstić information content (AvgIpc) is 2.37. The normalized spacial score (nSPS) is 20.2. The number of amides is 1. The van der Waals surface area contributed by atoms with Crippen molar-refractivity contribution in [1.29, 1.82) is 0 Å². The Hall–Kier alpha value is -0.610. The van der Waals surface area contributed by atoms with Gasteiger partial charge in [0.15, 0.2) is 0 Å². The lowest BCUT2D eigenvalue weighted by Crippen LogP contribution is -2.48. The van der Waals surface area contributed by atoms with Crippen LogP contribution in [-0.2, 0) is 9.53 Å². The van der Waals surface area contributed by atoms with E-state index in [4.69, 9.17) is 4.74 Å². The first-order valence-electron chi connectivity index (χ1n) is 6.87. The molecular weight excluding hydrogens is 216 g/mol. The van der Waals surface area contributed by atoms with Gasteiger partial charge in [0.05, 0.1) is 13.0 Å². The highest BCUT2D eigenvalue weighted by Crippen LogP contribution is 2.11. The van der Waals surface area contributed by atoms with Gasteiger partial charge < -0.3 is 15.0 Å². The van der Waals surface area contributed by atoms with Crippen LogP contribution < -0.4 is 5.32 Å². The summed E-state index contributed by atoms with van der Waals surface area (Å²) in [6, 6.07) is 0.382. The Morgan fingerprint density at radius 1 is 1.41 bits per heavy atom. The van der Waals surface area contributed by atoms with E-state index in [0.717, 1.165) is 39.1 Å². The van der Waals surface area contributed by atoms with Gasteiger partial charge in [0, 0.05) is 25.7 Å². The van der Waals surface area contributed by atoms with Crippen LogP contribution in [0.3, 0.4) is 0 Å². The maximum atomic E-state index is 12.1. The topological polar surface area (TPSA) is 41.6 Å². The zero-order valence-electron chi connectivity index (χ0n) is 11.2. The second-order valence-electron chi connectivity index (χ2n) is 4.54. The van der Waals surface area contributed by atoms with E-state index in [9.17, 15) is 4.79 Å². The molecule has 1 fully saturated rings. The minimum absolute atomic E-state index is 0.234. The Morgan fingerprint density at radius 2 is 2.24 bits per heavy atom. The minimum atomic E-state index is 0.234. The van der Waals surface area contributed by atoms with Crippen molar-refractivity contribution in [2.45, 2.75) is 45.6 Å². The molecule has 0 aromatic rings. The molecule has 0 saturated carbocycles. The van der Waals surface area contributed by atoms with E-state index in [1.165, 1.54) is 6.42 Å². The summed E-state index contributed by atoms with van der Waals surface area (Å²) in [4.78, 5) is 14.1. The zero-order valence-corrected chi connectivity index (χ0v) is 11.2. The first-order chi connectivity index (χ1) is 8.29. The molecule has 1 N–H and O–H groups in total. The highest BCUT2D eigenvalue weighted by atomic mass is 16.5. The lowest BCUT2D eigenvalue weighted by molar-refractivity contribution is -0.134. The predicted octanol–water partition coefficient (Wildman–Crippen LogP) is 1.40. The SMILES string of the molecule is CCCOCCC(=O)N(CC)C1CCCNC1. The van der Waals surface area contributed by atoms with Gasteiger partial charge in [-0.15, -0.1) is 0 Å². The van der Waals surface area contributed by atoms with Crippen LogP contribution in [0.4, 0.5) is 0 Å². The molecule has 0 aromatic heterocycles. The molecule has 17 heavy (non-hydrogen) atoms. The van der Waals surface area contributed by atoms with Crippen molar-refractivity contribution in [3.05, 3.63) is 0 Å². The highest BCUT2D eigenvalue weighted by molar-refractivity contribution is 5.76. The number of piperidine rings is 1. The summed E-state index contributed by atoms with van der Waals surface area (Å²) in [5.41, 5.74) is 0. The van der Waals surface area contributed by atoms with Crippen LogP contribution in [0.2, 0.25) is 0 Å². The third-order valence-corrected chi connectivity index (χ3v) is 3.18. The fourth-order valence-electron chi connectivity index (χ4n) is 2.29. The van der Waals surface area contributed by atoms with Crippen LogP contribution in [0.5, 0.6) is 0 Å². The lowest BCUT2D eigenvalue weighted by Gasteiger charge is -2.34. The smallest absolute Gasteiger partial charge is 0.225 e. The summed E-state index contributed by atoms with van der Waals surface area (Å²) in [6.45, 7) is 8.27. The van der Waals surface area contributed by atoms with E-state index in [1.54, 1.807) is 0 Å². The molecule has 1 rings (SSSR count). The molecule has 0 aliphatic carbocycles. The molecule has 0 bridgehead atoms. The molecular formula is C13H26N2O2. The summed E-state index contributed by atoms with van der Waals surface area (Å²) in [7, 11) is 0. The fraction of sp³-hybridized carbons (Fsp3) is 0.923. The number of hydrogen-bond acceptors (Lipinski definition) is 3. The molecule has 4 heteroatoms. The summed E-state index contributed by atoms with van der Waals surface area (Å²) in [6.07, 6.45) is 3.83. The van der Waals surface area contributed by atoms with Gasteiger partial charge in [0.1, 0.15) is 0 Å². The Balaban J connectivity index is 2.29. The van der Waals surface area contributed by atoms with Crippen LogP contribution in [0.25, 0.3) is 0 Å². The van der Waals surface area contributed by atoms with Crippen molar-refractivity contribution >= 4 is 5.91 Å². The van der Waals surface area contributed by atoms with Crippen molar-refractivity contribution in [3.63, 3.8) is 0 Å². The maximum Gasteiger partial charge on any atom is 0.225 e. The van der Waals surface area contributed by atoms with Crippen molar-refractivity contribution in [3.8, 4) is 0 Å². The number of hydrogen-bond donors (Lipinski definition) is 1. The number of rotatable bonds is 7. The molecule has 0 spiro atoms. The molecule has 1 saturated heterocycles. The summed E-state index contributed by atoms with van der Waals surface area (Å²) in [5.74, 6) is 0.234. The van der Waals surface area contributed by atoms with Crippen LogP contribution in [0, 0.1) is 0 Å². The van der Waals surface area contributed by atoms with Gasteiger partial charge in [0.25, 0.3) is 0 Å². The van der Waals surface area contributed by atoms with Crippen molar-refractivity contribution in [2.24, 2.45) is 0 Å². The average molecular weight is 242 g/mol. The number of carbonyl (C=O) groups excluding carboxylic acids is 1. The lowest BCUT2D eigenvalue weighted by atomic mass is 10.1. The number of ether oxygens (including phenoxy) is 1. The third kappa shape index (κ3) is 5.04. The first kappa shape index (κ1) is 14.5. The molecule has 1 atom stereocenters. The molecule has 1 amide bonds. The van der Waals surface area contributed by atoms with E-state index < -0.39 is 0 Å². The van der Waals surface area contributed by atoms with E-state index in [1.807, 2.05) is 4.90 Å². The van der Waals surface area contributed by atoms with Crippen molar-refractivity contribution < 1.29 is 9.53 Å². The Kier molecular flexibility index (Phi) is 7.21. The number of nitrogens with one attached hydrogen (secondary N) is 1. The largest absolute Gasteiger partial charge is 0.381 e. The number of nitrogens with zero attached hydrogens (tertiary/aromatic N) is 1. The summed E-state index contributed by atoms with van der Waals surface area (Å²) in [5, 5.41) is 3.36. The van der Waals surface area contributed by atoms with Crippen LogP contribution in [0.1, 0.15) is 39.5 Å². The first-order valence-corrected chi connectivity index (χ1v) is 6.87. The molecule has 0 radical (unpaired) electrons. The quantitative estimate of drug-likeness (QED) is 0.686. The summed E-state index contributed by atoms with van der Waals surface area (Å²) < 4.78 is 5.37. The summed E-state index contributed by atoms with van der Waals surface area (Å²) >= 11 is 0. The molecule has 1 aliphatic rings. The number of carbonyl (C=O) groups is 1. The second kappa shape index (κ2) is 8.48. The van der Waals surface area contributed by atoms with E-state index in [-0.39, 0.29) is 5.91 Å². The zero-order chi connectivity index (χ0) is 12.5. The molecule has 100 valence electrons. The Morgan fingerprint density at radius 3 is 2.82 bits per heavy atom. The van der Waals surface area contributed by atoms with Crippen molar-refractivity contribution in [2.75, 3.05) is 32.8 Å². The fourth-order valence-corrected chi connectivity index (χ4v) is 2.29. The minimum Gasteiger partial charge on any atom is -0.381 e. The predicted molar refractivity (Wildman–Crippen MR) is 69.0 cm³/mol. The Labute approximate surface area is 105 Å².